The molecule has 46 heavy (non-hydrogen) atoms. The highest BCUT2D eigenvalue weighted by Crippen LogP contribution is 2.43. The van der Waals surface area contributed by atoms with Crippen LogP contribution >= 0.6 is 0 Å². The first-order chi connectivity index (χ1) is 21.8. The zero-order chi connectivity index (χ0) is 35.0. The molecule has 4 rings (SSSR count). The molecule has 11 heteroatoms. The predicted molar refractivity (Wildman–Crippen MR) is 176 cm³/mol. The first kappa shape index (κ1) is 40.7. The monoisotopic (exact) mass is 665 g/mol. The zero-order valence-corrected chi connectivity index (χ0v) is 28.7. The van der Waals surface area contributed by atoms with Crippen molar-refractivity contribution in [1.82, 2.24) is 9.55 Å². The van der Waals surface area contributed by atoms with E-state index in [1.807, 2.05) is 52.0 Å². The molecule has 0 aliphatic heterocycles. The molecule has 3 aromatic rings. The van der Waals surface area contributed by atoms with Gasteiger partial charge in [-0.05, 0) is 74.6 Å². The topological polar surface area (TPSA) is 96.0 Å². The van der Waals surface area contributed by atoms with E-state index in [9.17, 15) is 31.7 Å². The fourth-order valence-corrected chi connectivity index (χ4v) is 5.12. The number of Topliss-reactive ketones (excluding diaryl/α,β-unsaturated/α-hetero) is 1. The van der Waals surface area contributed by atoms with Gasteiger partial charge < -0.3 is 5.11 Å². The van der Waals surface area contributed by atoms with Gasteiger partial charge in [0.05, 0.1) is 35.2 Å². The number of hydrogen-bond donors (Lipinski definition) is 1. The number of carbonyl (C=O) groups is 1. The van der Waals surface area contributed by atoms with Crippen LogP contribution in [0.1, 0.15) is 120 Å². The molecule has 2 aromatic carbocycles. The number of nitrogens with zero attached hydrogens (tertiary/aromatic N) is 3. The summed E-state index contributed by atoms with van der Waals surface area (Å²) in [6.45, 7) is 13.6. The molecule has 1 heterocycles. The number of aromatic nitrogens is 2. The highest BCUT2D eigenvalue weighted by atomic mass is 32.2. The quantitative estimate of drug-likeness (QED) is 0.219. The Morgan fingerprint density at radius 1 is 1.13 bits per heavy atom. The molecule has 2 atom stereocenters. The largest absolute Gasteiger partial charge is 0.419 e. The van der Waals surface area contributed by atoms with Crippen molar-refractivity contribution in [2.75, 3.05) is 11.5 Å². The molecule has 0 amide bonds. The molecule has 0 spiro atoms. The highest BCUT2D eigenvalue weighted by molar-refractivity contribution is 7.84. The number of aliphatic hydroxyl groups is 1. The fourth-order valence-electron chi connectivity index (χ4n) is 4.37. The summed E-state index contributed by atoms with van der Waals surface area (Å²) in [6.07, 6.45) is -0.475. The average molecular weight is 666 g/mol. The van der Waals surface area contributed by atoms with Crippen molar-refractivity contribution in [3.8, 4) is 11.8 Å². The van der Waals surface area contributed by atoms with Gasteiger partial charge in [0.25, 0.3) is 0 Å². The number of ketones is 1. The first-order valence-electron chi connectivity index (χ1n) is 15.7. The number of imidazole rings is 1. The van der Waals surface area contributed by atoms with Crippen LogP contribution in [-0.2, 0) is 34.8 Å². The number of hydrogen-bond acceptors (Lipinski definition) is 5. The SMILES string of the molecule is CC.CC(=O)Cc1ccc(F)c(C(F)(F)F)c1.CCC(C)c1nc(C2CC2)c(CO)n1-c1ccc(C#N)cc1.CCCS(=O)CC. The smallest absolute Gasteiger partial charge is 0.390 e. The third-order valence-corrected chi connectivity index (χ3v) is 8.50. The van der Waals surface area contributed by atoms with Gasteiger partial charge in [-0.15, -0.1) is 0 Å². The van der Waals surface area contributed by atoms with Crippen molar-refractivity contribution in [3.63, 3.8) is 0 Å². The van der Waals surface area contributed by atoms with E-state index in [0.29, 0.717) is 23.5 Å². The second kappa shape index (κ2) is 20.0. The third-order valence-electron chi connectivity index (χ3n) is 6.99. The van der Waals surface area contributed by atoms with Crippen LogP contribution in [0.2, 0.25) is 0 Å². The lowest BCUT2D eigenvalue weighted by Crippen LogP contribution is -2.09. The summed E-state index contributed by atoms with van der Waals surface area (Å²) in [5.74, 6) is 1.94. The number of alkyl halides is 3. The molecule has 1 N–H and O–H groups in total. The van der Waals surface area contributed by atoms with E-state index in [1.54, 1.807) is 0 Å². The maximum atomic E-state index is 12.8. The van der Waals surface area contributed by atoms with Crippen molar-refractivity contribution in [3.05, 3.63) is 82.2 Å². The van der Waals surface area contributed by atoms with Gasteiger partial charge in [0.15, 0.2) is 0 Å². The van der Waals surface area contributed by atoms with Crippen molar-refractivity contribution < 1.29 is 31.7 Å². The van der Waals surface area contributed by atoms with Gasteiger partial charge in [0, 0.05) is 46.2 Å². The van der Waals surface area contributed by atoms with E-state index in [4.69, 9.17) is 10.2 Å². The minimum atomic E-state index is -4.73. The summed E-state index contributed by atoms with van der Waals surface area (Å²) in [7, 11) is -0.527. The van der Waals surface area contributed by atoms with Gasteiger partial charge in [-0.25, -0.2) is 9.37 Å². The van der Waals surface area contributed by atoms with Crippen molar-refractivity contribution in [2.45, 2.75) is 105 Å². The van der Waals surface area contributed by atoms with Crippen LogP contribution in [-0.4, -0.2) is 36.2 Å². The van der Waals surface area contributed by atoms with E-state index in [0.717, 1.165) is 66.2 Å². The molecule has 1 saturated carbocycles. The Morgan fingerprint density at radius 3 is 2.15 bits per heavy atom. The van der Waals surface area contributed by atoms with E-state index >= 15 is 0 Å². The summed E-state index contributed by atoms with van der Waals surface area (Å²) in [5.41, 5.74) is 2.40. The number of rotatable bonds is 10. The lowest BCUT2D eigenvalue weighted by molar-refractivity contribution is -0.140. The number of halogens is 4. The van der Waals surface area contributed by atoms with Gasteiger partial charge in [-0.3, -0.25) is 13.6 Å². The molecule has 0 saturated heterocycles. The van der Waals surface area contributed by atoms with Gasteiger partial charge in [-0.2, -0.15) is 18.4 Å². The summed E-state index contributed by atoms with van der Waals surface area (Å²) < 4.78 is 62.1. The van der Waals surface area contributed by atoms with Crippen LogP contribution in [0, 0.1) is 17.1 Å². The van der Waals surface area contributed by atoms with E-state index in [-0.39, 0.29) is 24.4 Å². The van der Waals surface area contributed by atoms with E-state index < -0.39 is 28.4 Å². The Labute approximate surface area is 273 Å². The van der Waals surface area contributed by atoms with Gasteiger partial charge >= 0.3 is 6.18 Å². The van der Waals surface area contributed by atoms with Crippen molar-refractivity contribution >= 4 is 16.6 Å². The predicted octanol–water partition coefficient (Wildman–Crippen LogP) is 8.79. The van der Waals surface area contributed by atoms with Gasteiger partial charge in [0.1, 0.15) is 17.4 Å². The summed E-state index contributed by atoms with van der Waals surface area (Å²) in [4.78, 5) is 15.6. The third kappa shape index (κ3) is 12.4. The van der Waals surface area contributed by atoms with Crippen molar-refractivity contribution in [2.24, 2.45) is 0 Å². The molecule has 6 nitrogen and oxygen atoms in total. The number of nitriles is 1. The average Bonchev–Trinajstić information content (AvgIpc) is 3.82. The minimum absolute atomic E-state index is 0.00469. The van der Waals surface area contributed by atoms with E-state index in [2.05, 4.69) is 24.5 Å². The van der Waals surface area contributed by atoms with Crippen LogP contribution < -0.4 is 0 Å². The molecule has 1 aliphatic carbocycles. The van der Waals surface area contributed by atoms with Crippen LogP contribution in [0.3, 0.4) is 0 Å². The lowest BCUT2D eigenvalue weighted by atomic mass is 10.1. The summed E-state index contributed by atoms with van der Waals surface area (Å²) >= 11 is 0. The van der Waals surface area contributed by atoms with Crippen LogP contribution in [0.4, 0.5) is 17.6 Å². The molecule has 1 aromatic heterocycles. The van der Waals surface area contributed by atoms with Crippen LogP contribution in [0.5, 0.6) is 0 Å². The normalized spacial score (nSPS) is 13.5. The van der Waals surface area contributed by atoms with Gasteiger partial charge in [0.2, 0.25) is 0 Å². The Morgan fingerprint density at radius 2 is 1.74 bits per heavy atom. The number of benzene rings is 2. The van der Waals surface area contributed by atoms with Crippen LogP contribution in [0.15, 0.2) is 42.5 Å². The van der Waals surface area contributed by atoms with E-state index in [1.165, 1.54) is 13.0 Å². The maximum Gasteiger partial charge on any atom is 0.419 e. The maximum absolute atomic E-state index is 12.8. The molecule has 2 unspecified atom stereocenters. The minimum Gasteiger partial charge on any atom is -0.390 e. The number of aliphatic hydroxyl groups excluding tert-OH is 1. The zero-order valence-electron chi connectivity index (χ0n) is 27.9. The molecule has 1 fully saturated rings. The molecular formula is C35H47F4N3O3S. The molecule has 0 bridgehead atoms. The Kier molecular flexibility index (Phi) is 17.7. The Hall–Kier alpha value is -3.36. The fraction of sp³-hybridized carbons (Fsp3) is 0.514. The standard InChI is InChI=1S/C18H21N3O.C10H8F4O.C5H12OS.C2H6/c1-3-12(2)18-20-17(14-6-7-14)16(11-22)21(18)15-8-4-13(10-19)5-9-15;1-6(15)4-7-2-3-9(11)8(5-7)10(12,13)14;1-3-5-7(6)4-2;1-2/h4-5,8-9,12,14,22H,3,6-7,11H2,1-2H3;2-3,5H,4H2,1H3;3-5H2,1-2H3;1-2H3. The number of carbonyl (C=O) groups excluding carboxylic acids is 1. The molecule has 0 radical (unpaired) electrons. The molecular weight excluding hydrogens is 618 g/mol. The highest BCUT2D eigenvalue weighted by Gasteiger charge is 2.34. The molecule has 254 valence electrons. The van der Waals surface area contributed by atoms with Crippen LogP contribution in [0.25, 0.3) is 5.69 Å². The first-order valence-corrected chi connectivity index (χ1v) is 17.2. The summed E-state index contributed by atoms with van der Waals surface area (Å²) in [5, 5.41) is 18.8. The Balaban J connectivity index is 0.000000382. The second-order valence-corrected chi connectivity index (χ2v) is 12.5. The second-order valence-electron chi connectivity index (χ2n) is 10.7. The lowest BCUT2D eigenvalue weighted by Gasteiger charge is -2.15. The summed E-state index contributed by atoms with van der Waals surface area (Å²) in [6, 6.07) is 12.2. The molecule has 1 aliphatic rings. The van der Waals surface area contributed by atoms with Crippen molar-refractivity contribution in [1.29, 1.82) is 5.26 Å². The Bertz CT molecular complexity index is 1440. The van der Waals surface area contributed by atoms with Gasteiger partial charge in [-0.1, -0.05) is 47.6 Å².